The lowest BCUT2D eigenvalue weighted by molar-refractivity contribution is 0.660. The van der Waals surface area contributed by atoms with E-state index in [9.17, 15) is 0 Å². The van der Waals surface area contributed by atoms with E-state index in [1.807, 2.05) is 18.2 Å². The molecule has 1 aliphatic rings. The Balaban J connectivity index is 1.09. The molecule has 0 N–H and O–H groups in total. The highest BCUT2D eigenvalue weighted by molar-refractivity contribution is 6.12. The van der Waals surface area contributed by atoms with Crippen molar-refractivity contribution < 1.29 is 0 Å². The van der Waals surface area contributed by atoms with E-state index in [-0.39, 0.29) is 5.41 Å². The number of fused-ring (bicyclic) bond motifs is 9. The van der Waals surface area contributed by atoms with E-state index in [0.29, 0.717) is 17.6 Å². The maximum absolute atomic E-state index is 5.50. The Bertz CT molecular complexity index is 3690. The van der Waals surface area contributed by atoms with Crippen molar-refractivity contribution in [2.24, 2.45) is 0 Å². The molecule has 0 fully saturated rings. The number of hydrogen-bond donors (Lipinski definition) is 0. The maximum atomic E-state index is 5.50. The lowest BCUT2D eigenvalue weighted by atomic mass is 9.82. The van der Waals surface area contributed by atoms with Crippen molar-refractivity contribution in [3.05, 3.63) is 230 Å². The van der Waals surface area contributed by atoms with Gasteiger partial charge in [0.15, 0.2) is 11.6 Å². The fourth-order valence-electron chi connectivity index (χ4n) is 10.4. The first-order valence-electron chi connectivity index (χ1n) is 22.5. The van der Waals surface area contributed by atoms with Crippen molar-refractivity contribution in [3.63, 3.8) is 0 Å². The Hall–Kier alpha value is -8.61. The molecule has 0 unspecified atom stereocenters. The average Bonchev–Trinajstić information content (AvgIpc) is 3.97. The number of aromatic nitrogens is 5. The molecule has 312 valence electrons. The third-order valence-electron chi connectivity index (χ3n) is 13.6. The summed E-state index contributed by atoms with van der Waals surface area (Å²) in [5, 5.41) is 4.72. The van der Waals surface area contributed by atoms with Crippen LogP contribution >= 0.6 is 0 Å². The van der Waals surface area contributed by atoms with E-state index in [0.717, 1.165) is 55.9 Å². The van der Waals surface area contributed by atoms with Crippen LogP contribution in [0.3, 0.4) is 0 Å². The second-order valence-electron chi connectivity index (χ2n) is 17.7. The highest BCUT2D eigenvalue weighted by Crippen LogP contribution is 2.50. The molecule has 0 saturated heterocycles. The van der Waals surface area contributed by atoms with Crippen molar-refractivity contribution in [1.29, 1.82) is 0 Å². The van der Waals surface area contributed by atoms with Crippen molar-refractivity contribution in [1.82, 2.24) is 24.1 Å². The van der Waals surface area contributed by atoms with Crippen molar-refractivity contribution >= 4 is 60.9 Å². The average molecular weight is 847 g/mol. The highest BCUT2D eigenvalue weighted by Gasteiger charge is 2.35. The summed E-state index contributed by atoms with van der Waals surface area (Å²) in [6, 6.07) is 77.8. The van der Waals surface area contributed by atoms with Crippen LogP contribution in [0, 0.1) is 0 Å². The summed E-state index contributed by atoms with van der Waals surface area (Å²) >= 11 is 0. The molecule has 1 aliphatic carbocycles. The number of para-hydroxylation sites is 4. The van der Waals surface area contributed by atoms with Crippen LogP contribution in [-0.4, -0.2) is 24.1 Å². The minimum atomic E-state index is -0.189. The second-order valence-corrected chi connectivity index (χ2v) is 17.7. The van der Waals surface area contributed by atoms with Gasteiger partial charge in [-0.2, -0.15) is 9.97 Å². The van der Waals surface area contributed by atoms with Crippen LogP contribution < -0.4 is 4.90 Å². The molecule has 13 rings (SSSR count). The lowest BCUT2D eigenvalue weighted by Gasteiger charge is -2.25. The lowest BCUT2D eigenvalue weighted by Crippen LogP contribution is -2.16. The molecule has 3 heterocycles. The molecule has 0 atom stereocenters. The molecule has 3 aromatic heterocycles. The second kappa shape index (κ2) is 14.7. The third-order valence-corrected chi connectivity index (χ3v) is 13.6. The molecule has 0 radical (unpaired) electrons. The van der Waals surface area contributed by atoms with Gasteiger partial charge in [-0.25, -0.2) is 4.98 Å². The Morgan fingerprint density at radius 1 is 0.364 bits per heavy atom. The minimum Gasteiger partial charge on any atom is -0.309 e. The molecule has 0 spiro atoms. The van der Waals surface area contributed by atoms with Gasteiger partial charge in [-0.1, -0.05) is 166 Å². The number of rotatable bonds is 7. The summed E-state index contributed by atoms with van der Waals surface area (Å²) in [5.74, 6) is 1.73. The highest BCUT2D eigenvalue weighted by atomic mass is 15.3. The van der Waals surface area contributed by atoms with Crippen molar-refractivity contribution in [3.8, 4) is 45.3 Å². The van der Waals surface area contributed by atoms with E-state index in [1.165, 1.54) is 43.8 Å². The van der Waals surface area contributed by atoms with Gasteiger partial charge in [-0.3, -0.25) is 4.90 Å². The molecule has 0 aliphatic heterocycles. The largest absolute Gasteiger partial charge is 0.309 e. The molecule has 0 saturated carbocycles. The monoisotopic (exact) mass is 846 g/mol. The van der Waals surface area contributed by atoms with Crippen LogP contribution in [0.1, 0.15) is 25.0 Å². The molecule has 66 heavy (non-hydrogen) atoms. The first-order chi connectivity index (χ1) is 32.5. The summed E-state index contributed by atoms with van der Waals surface area (Å²) in [6.45, 7) is 4.63. The number of nitrogens with zero attached hydrogens (tertiary/aromatic N) is 6. The predicted octanol–water partition coefficient (Wildman–Crippen LogP) is 15.2. The smallest absolute Gasteiger partial charge is 0.238 e. The normalized spacial score (nSPS) is 12.8. The molecular weight excluding hydrogens is 805 g/mol. The summed E-state index contributed by atoms with van der Waals surface area (Å²) in [7, 11) is 0. The van der Waals surface area contributed by atoms with Crippen molar-refractivity contribution in [2.45, 2.75) is 19.3 Å². The van der Waals surface area contributed by atoms with E-state index in [1.54, 1.807) is 0 Å². The first kappa shape index (κ1) is 37.9. The molecular formula is C60H42N6. The zero-order chi connectivity index (χ0) is 43.9. The van der Waals surface area contributed by atoms with Gasteiger partial charge in [0.2, 0.25) is 5.95 Å². The predicted molar refractivity (Wildman–Crippen MR) is 272 cm³/mol. The van der Waals surface area contributed by atoms with Crippen LogP contribution in [0.5, 0.6) is 0 Å². The number of hydrogen-bond acceptors (Lipinski definition) is 4. The Labute approximate surface area is 382 Å². The van der Waals surface area contributed by atoms with E-state index in [4.69, 9.17) is 15.0 Å². The maximum Gasteiger partial charge on any atom is 0.238 e. The van der Waals surface area contributed by atoms with Gasteiger partial charge in [-0.15, -0.1) is 0 Å². The van der Waals surface area contributed by atoms with Crippen LogP contribution in [0.4, 0.5) is 17.3 Å². The molecule has 0 bridgehead atoms. The summed E-state index contributed by atoms with van der Waals surface area (Å²) < 4.78 is 4.72. The van der Waals surface area contributed by atoms with E-state index in [2.05, 4.69) is 228 Å². The third kappa shape index (κ3) is 5.85. The molecule has 6 heteroatoms. The van der Waals surface area contributed by atoms with E-state index >= 15 is 0 Å². The summed E-state index contributed by atoms with van der Waals surface area (Å²) in [4.78, 5) is 18.4. The summed E-state index contributed by atoms with van der Waals surface area (Å²) in [5.41, 5.74) is 15.3. The fraction of sp³-hybridized carbons (Fsp3) is 0.0500. The standard InChI is InChI=1S/C60H42N6/c1-60(2)51-27-15-12-24-45(51)46-33-30-40(36-52(46)60)58-61-57(39-18-6-3-7-19-39)62-59(63-58)64(43-31-34-49-47-25-13-16-28-53(47)65(55(49)37-43)41-20-8-4-9-21-41)44-32-35-50-48-26-14-17-29-54(48)66(56(50)38-44)42-22-10-5-11-23-42/h3-38H,1-2H3. The molecule has 12 aromatic rings. The van der Waals surface area contributed by atoms with Crippen LogP contribution in [0.15, 0.2) is 218 Å². The summed E-state index contributed by atoms with van der Waals surface area (Å²) in [6.07, 6.45) is 0. The number of benzene rings is 9. The van der Waals surface area contributed by atoms with E-state index < -0.39 is 0 Å². The topological polar surface area (TPSA) is 51.8 Å². The Morgan fingerprint density at radius 2 is 0.833 bits per heavy atom. The zero-order valence-electron chi connectivity index (χ0n) is 36.5. The van der Waals surface area contributed by atoms with Gasteiger partial charge < -0.3 is 9.13 Å². The number of anilines is 3. The van der Waals surface area contributed by atoms with Crippen LogP contribution in [-0.2, 0) is 5.41 Å². The molecule has 9 aromatic carbocycles. The van der Waals surface area contributed by atoms with Gasteiger partial charge in [0, 0.05) is 49.5 Å². The quantitative estimate of drug-likeness (QED) is 0.160. The fourth-order valence-corrected chi connectivity index (χ4v) is 10.4. The van der Waals surface area contributed by atoms with Gasteiger partial charge >= 0.3 is 0 Å². The zero-order valence-corrected chi connectivity index (χ0v) is 36.5. The van der Waals surface area contributed by atoms with Crippen LogP contribution in [0.2, 0.25) is 0 Å². The van der Waals surface area contributed by atoms with Gasteiger partial charge in [0.25, 0.3) is 0 Å². The Kier molecular flexibility index (Phi) is 8.46. The van der Waals surface area contributed by atoms with Crippen molar-refractivity contribution in [2.75, 3.05) is 4.90 Å². The SMILES string of the molecule is CC1(C)c2ccccc2-c2ccc(-c3nc(-c4ccccc4)nc(N(c4ccc5c6ccccc6n(-c6ccccc6)c5c4)c4ccc5c6ccccc6n(-c6ccccc6)c5c4)n3)cc21. The first-order valence-corrected chi connectivity index (χ1v) is 22.5. The molecule has 6 nitrogen and oxygen atoms in total. The molecule has 0 amide bonds. The van der Waals surface area contributed by atoms with Gasteiger partial charge in [0.1, 0.15) is 0 Å². The Morgan fingerprint density at radius 3 is 1.42 bits per heavy atom. The minimum absolute atomic E-state index is 0.189. The van der Waals surface area contributed by atoms with Gasteiger partial charge in [-0.05, 0) is 89.0 Å². The van der Waals surface area contributed by atoms with Crippen LogP contribution in [0.25, 0.3) is 88.9 Å². The van der Waals surface area contributed by atoms with Gasteiger partial charge in [0.05, 0.1) is 33.4 Å².